The second-order valence-corrected chi connectivity index (χ2v) is 7.03. The standard InChI is InChI=1S/C23H28N2O5/c1-3-28-20-6-4-5-7-21(20)30-17-23(27)25-14-12-24(13-15-25)22(26)16-29-19-10-8-18(2)9-11-19/h4-11H,3,12-17H2,1-2H3. The molecule has 7 nitrogen and oxygen atoms in total. The molecule has 0 aromatic heterocycles. The van der Waals surface area contributed by atoms with Crippen molar-refractivity contribution in [3.05, 3.63) is 54.1 Å². The molecule has 0 bridgehead atoms. The number of piperazine rings is 1. The number of aryl methyl sites for hydroxylation is 1. The van der Waals surface area contributed by atoms with E-state index in [0.717, 1.165) is 5.56 Å². The molecule has 160 valence electrons. The number of amides is 2. The topological polar surface area (TPSA) is 68.3 Å². The van der Waals surface area contributed by atoms with Gasteiger partial charge in [-0.1, -0.05) is 29.8 Å². The lowest BCUT2D eigenvalue weighted by molar-refractivity contribution is -0.141. The minimum Gasteiger partial charge on any atom is -0.490 e. The average Bonchev–Trinajstić information content (AvgIpc) is 2.78. The van der Waals surface area contributed by atoms with E-state index in [4.69, 9.17) is 14.2 Å². The third-order valence-corrected chi connectivity index (χ3v) is 4.87. The zero-order valence-electron chi connectivity index (χ0n) is 17.5. The van der Waals surface area contributed by atoms with Crippen LogP contribution in [0.15, 0.2) is 48.5 Å². The lowest BCUT2D eigenvalue weighted by Gasteiger charge is -2.34. The highest BCUT2D eigenvalue weighted by Crippen LogP contribution is 2.26. The van der Waals surface area contributed by atoms with Crippen LogP contribution in [0.1, 0.15) is 12.5 Å². The van der Waals surface area contributed by atoms with Gasteiger partial charge in [0.05, 0.1) is 6.61 Å². The first-order valence-electron chi connectivity index (χ1n) is 10.2. The summed E-state index contributed by atoms with van der Waals surface area (Å²) in [7, 11) is 0. The van der Waals surface area contributed by atoms with Crippen LogP contribution < -0.4 is 14.2 Å². The smallest absolute Gasteiger partial charge is 0.260 e. The molecule has 3 rings (SSSR count). The van der Waals surface area contributed by atoms with E-state index in [1.54, 1.807) is 15.9 Å². The van der Waals surface area contributed by atoms with E-state index in [9.17, 15) is 9.59 Å². The summed E-state index contributed by atoms with van der Waals surface area (Å²) in [5.41, 5.74) is 1.14. The summed E-state index contributed by atoms with van der Waals surface area (Å²) in [5.74, 6) is 1.66. The van der Waals surface area contributed by atoms with Crippen molar-refractivity contribution in [1.82, 2.24) is 9.80 Å². The Kier molecular flexibility index (Phi) is 7.54. The molecule has 0 N–H and O–H groups in total. The molecule has 1 aliphatic heterocycles. The van der Waals surface area contributed by atoms with Crippen LogP contribution in [0.5, 0.6) is 17.2 Å². The summed E-state index contributed by atoms with van der Waals surface area (Å²) in [6, 6.07) is 14.9. The lowest BCUT2D eigenvalue weighted by Crippen LogP contribution is -2.52. The number of carbonyl (C=O) groups excluding carboxylic acids is 2. The number of carbonyl (C=O) groups is 2. The van der Waals surface area contributed by atoms with Gasteiger partial charge in [-0.15, -0.1) is 0 Å². The van der Waals surface area contributed by atoms with Gasteiger partial charge in [0, 0.05) is 26.2 Å². The minimum atomic E-state index is -0.107. The Morgan fingerprint density at radius 3 is 1.80 bits per heavy atom. The molecule has 0 aliphatic carbocycles. The van der Waals surface area contributed by atoms with Crippen LogP contribution in [0.4, 0.5) is 0 Å². The highest BCUT2D eigenvalue weighted by molar-refractivity contribution is 5.80. The van der Waals surface area contributed by atoms with Gasteiger partial charge in [-0.3, -0.25) is 9.59 Å². The number of hydrogen-bond donors (Lipinski definition) is 0. The molecule has 1 saturated heterocycles. The van der Waals surface area contributed by atoms with Crippen molar-refractivity contribution >= 4 is 11.8 Å². The Hall–Kier alpha value is -3.22. The van der Waals surface area contributed by atoms with Gasteiger partial charge in [0.25, 0.3) is 11.8 Å². The summed E-state index contributed by atoms with van der Waals surface area (Å²) >= 11 is 0. The van der Waals surface area contributed by atoms with Gasteiger partial charge < -0.3 is 24.0 Å². The molecular weight excluding hydrogens is 384 g/mol. The summed E-state index contributed by atoms with van der Waals surface area (Å²) in [5, 5.41) is 0. The number of hydrogen-bond acceptors (Lipinski definition) is 5. The fourth-order valence-corrected chi connectivity index (χ4v) is 3.15. The maximum absolute atomic E-state index is 12.5. The summed E-state index contributed by atoms with van der Waals surface area (Å²) in [6.07, 6.45) is 0. The highest BCUT2D eigenvalue weighted by atomic mass is 16.5. The average molecular weight is 412 g/mol. The van der Waals surface area contributed by atoms with Crippen molar-refractivity contribution in [2.75, 3.05) is 46.0 Å². The molecule has 0 spiro atoms. The van der Waals surface area contributed by atoms with Gasteiger partial charge >= 0.3 is 0 Å². The van der Waals surface area contributed by atoms with Gasteiger partial charge in [0.15, 0.2) is 24.7 Å². The van der Waals surface area contributed by atoms with E-state index < -0.39 is 0 Å². The molecule has 2 aromatic rings. The molecule has 0 unspecified atom stereocenters. The van der Waals surface area contributed by atoms with E-state index in [1.165, 1.54) is 0 Å². The Bertz CT molecular complexity index is 845. The number of ether oxygens (including phenoxy) is 3. The first-order chi connectivity index (χ1) is 14.6. The Morgan fingerprint density at radius 2 is 1.27 bits per heavy atom. The third kappa shape index (κ3) is 5.89. The van der Waals surface area contributed by atoms with Crippen LogP contribution in [0, 0.1) is 6.92 Å². The van der Waals surface area contributed by atoms with Crippen LogP contribution >= 0.6 is 0 Å². The Labute approximate surface area is 177 Å². The molecule has 0 saturated carbocycles. The van der Waals surface area contributed by atoms with E-state index >= 15 is 0 Å². The quantitative estimate of drug-likeness (QED) is 0.667. The van der Waals surface area contributed by atoms with Crippen molar-refractivity contribution in [3.8, 4) is 17.2 Å². The fraction of sp³-hybridized carbons (Fsp3) is 0.391. The Balaban J connectivity index is 1.41. The minimum absolute atomic E-state index is 0.00562. The second kappa shape index (κ2) is 10.5. The highest BCUT2D eigenvalue weighted by Gasteiger charge is 2.24. The van der Waals surface area contributed by atoms with Gasteiger partial charge in [-0.05, 0) is 38.1 Å². The Morgan fingerprint density at radius 1 is 0.767 bits per heavy atom. The van der Waals surface area contributed by atoms with E-state index in [2.05, 4.69) is 0 Å². The van der Waals surface area contributed by atoms with Gasteiger partial charge in [-0.25, -0.2) is 0 Å². The van der Waals surface area contributed by atoms with Crippen LogP contribution in [-0.4, -0.2) is 67.6 Å². The van der Waals surface area contributed by atoms with Crippen molar-refractivity contribution < 1.29 is 23.8 Å². The van der Waals surface area contributed by atoms with Gasteiger partial charge in [0.1, 0.15) is 5.75 Å². The molecule has 1 aliphatic rings. The van der Waals surface area contributed by atoms with E-state index in [0.29, 0.717) is 50.0 Å². The molecule has 2 amide bonds. The first kappa shape index (κ1) is 21.5. The van der Waals surface area contributed by atoms with E-state index in [1.807, 2.05) is 56.3 Å². The first-order valence-corrected chi connectivity index (χ1v) is 10.2. The molecule has 2 aromatic carbocycles. The van der Waals surface area contributed by atoms with Crippen LogP contribution in [-0.2, 0) is 9.59 Å². The molecule has 1 heterocycles. The van der Waals surface area contributed by atoms with E-state index in [-0.39, 0.29) is 25.0 Å². The van der Waals surface area contributed by atoms with Gasteiger partial charge in [0.2, 0.25) is 0 Å². The number of nitrogens with zero attached hydrogens (tertiary/aromatic N) is 2. The third-order valence-electron chi connectivity index (χ3n) is 4.87. The van der Waals surface area contributed by atoms with Crippen LogP contribution in [0.3, 0.4) is 0 Å². The second-order valence-electron chi connectivity index (χ2n) is 7.03. The predicted molar refractivity (Wildman–Crippen MR) is 113 cm³/mol. The number of benzene rings is 2. The predicted octanol–water partition coefficient (Wildman–Crippen LogP) is 2.52. The number of rotatable bonds is 8. The van der Waals surface area contributed by atoms with Crippen LogP contribution in [0.2, 0.25) is 0 Å². The summed E-state index contributed by atoms with van der Waals surface area (Å²) in [6.45, 7) is 6.28. The largest absolute Gasteiger partial charge is 0.490 e. The molecular formula is C23H28N2O5. The molecule has 1 fully saturated rings. The number of para-hydroxylation sites is 2. The lowest BCUT2D eigenvalue weighted by atomic mass is 10.2. The normalized spacial score (nSPS) is 13.7. The molecule has 0 radical (unpaired) electrons. The zero-order valence-corrected chi connectivity index (χ0v) is 17.5. The molecule has 7 heteroatoms. The maximum atomic E-state index is 12.5. The monoisotopic (exact) mass is 412 g/mol. The van der Waals surface area contributed by atoms with Crippen molar-refractivity contribution in [2.45, 2.75) is 13.8 Å². The SMILES string of the molecule is CCOc1ccccc1OCC(=O)N1CCN(C(=O)COc2ccc(C)cc2)CC1. The van der Waals surface area contributed by atoms with Crippen molar-refractivity contribution in [2.24, 2.45) is 0 Å². The molecule has 0 atom stereocenters. The summed E-state index contributed by atoms with van der Waals surface area (Å²) < 4.78 is 16.7. The zero-order chi connectivity index (χ0) is 21.3. The molecule has 30 heavy (non-hydrogen) atoms. The summed E-state index contributed by atoms with van der Waals surface area (Å²) in [4.78, 5) is 28.3. The van der Waals surface area contributed by atoms with Crippen LogP contribution in [0.25, 0.3) is 0 Å². The maximum Gasteiger partial charge on any atom is 0.260 e. The van der Waals surface area contributed by atoms with Crippen molar-refractivity contribution in [3.63, 3.8) is 0 Å². The van der Waals surface area contributed by atoms with Crippen molar-refractivity contribution in [1.29, 1.82) is 0 Å². The fourth-order valence-electron chi connectivity index (χ4n) is 3.15. The van der Waals surface area contributed by atoms with Gasteiger partial charge in [-0.2, -0.15) is 0 Å².